The Morgan fingerprint density at radius 1 is 1.24 bits per heavy atom. The fourth-order valence-corrected chi connectivity index (χ4v) is 2.99. The number of aromatic amines is 1. The van der Waals surface area contributed by atoms with Crippen molar-refractivity contribution in [1.82, 2.24) is 19.9 Å². The Balaban J connectivity index is 1.80. The number of nitrogens with zero attached hydrogens (tertiary/aromatic N) is 3. The zero-order valence-electron chi connectivity index (χ0n) is 13.1. The van der Waals surface area contributed by atoms with Gasteiger partial charge in [-0.2, -0.15) is 18.2 Å². The summed E-state index contributed by atoms with van der Waals surface area (Å²) in [6.45, 7) is 0. The van der Waals surface area contributed by atoms with Crippen LogP contribution in [0.25, 0.3) is 11.0 Å². The molecule has 6 nitrogen and oxygen atoms in total. The second-order valence-corrected chi connectivity index (χ2v) is 6.08. The van der Waals surface area contributed by atoms with Gasteiger partial charge in [-0.3, -0.25) is 0 Å². The third-order valence-corrected chi connectivity index (χ3v) is 4.39. The Kier molecular flexibility index (Phi) is 3.52. The van der Waals surface area contributed by atoms with Crippen molar-refractivity contribution in [2.24, 2.45) is 0 Å². The molecule has 1 fully saturated rings. The average Bonchev–Trinajstić information content (AvgIpc) is 2.91. The highest BCUT2D eigenvalue weighted by Crippen LogP contribution is 2.45. The zero-order chi connectivity index (χ0) is 17.6. The molecule has 3 aromatic heterocycles. The highest BCUT2D eigenvalue weighted by atomic mass is 19.4. The van der Waals surface area contributed by atoms with Crippen molar-refractivity contribution in [3.8, 4) is 0 Å². The minimum Gasteiger partial charge on any atom is -0.368 e. The lowest BCUT2D eigenvalue weighted by Gasteiger charge is -2.28. The lowest BCUT2D eigenvalue weighted by molar-refractivity contribution is -0.138. The summed E-state index contributed by atoms with van der Waals surface area (Å²) in [6.07, 6.45) is 0.821. The third-order valence-electron chi connectivity index (χ3n) is 4.39. The number of fused-ring (bicyclic) bond motifs is 1. The van der Waals surface area contributed by atoms with Gasteiger partial charge < -0.3 is 16.0 Å². The Morgan fingerprint density at radius 2 is 2.04 bits per heavy atom. The van der Waals surface area contributed by atoms with Crippen molar-refractivity contribution in [2.45, 2.75) is 31.4 Å². The van der Waals surface area contributed by atoms with Crippen LogP contribution in [0.2, 0.25) is 0 Å². The van der Waals surface area contributed by atoms with Crippen molar-refractivity contribution < 1.29 is 13.2 Å². The lowest BCUT2D eigenvalue weighted by atomic mass is 9.81. The van der Waals surface area contributed by atoms with Crippen LogP contribution in [0.5, 0.6) is 0 Å². The number of aromatic nitrogens is 4. The van der Waals surface area contributed by atoms with E-state index in [-0.39, 0.29) is 23.4 Å². The molecule has 1 aliphatic rings. The second kappa shape index (κ2) is 5.61. The molecule has 4 rings (SSSR count). The molecule has 0 bridgehead atoms. The van der Waals surface area contributed by atoms with E-state index in [9.17, 15) is 13.2 Å². The smallest absolute Gasteiger partial charge is 0.368 e. The van der Waals surface area contributed by atoms with Crippen LogP contribution in [0.1, 0.15) is 36.4 Å². The molecule has 1 saturated carbocycles. The Morgan fingerprint density at radius 3 is 2.72 bits per heavy atom. The normalized spacial score (nSPS) is 15.3. The van der Waals surface area contributed by atoms with Gasteiger partial charge in [0.05, 0.1) is 17.6 Å². The maximum atomic E-state index is 13.7. The number of H-pyrrole nitrogens is 1. The molecule has 0 amide bonds. The first-order chi connectivity index (χ1) is 11.9. The first kappa shape index (κ1) is 15.7. The SMILES string of the molecule is Nc1nc(Nc2cnc3[nH]ccc3c2)c(C(F)(F)F)c(C2CCC2)n1. The number of halogens is 3. The summed E-state index contributed by atoms with van der Waals surface area (Å²) < 4.78 is 41.1. The molecule has 130 valence electrons. The van der Waals surface area contributed by atoms with E-state index in [1.807, 2.05) is 0 Å². The van der Waals surface area contributed by atoms with Gasteiger partial charge >= 0.3 is 6.18 Å². The Labute approximate surface area is 140 Å². The molecule has 1 aliphatic carbocycles. The summed E-state index contributed by atoms with van der Waals surface area (Å²) >= 11 is 0. The van der Waals surface area contributed by atoms with E-state index < -0.39 is 11.7 Å². The minimum absolute atomic E-state index is 0.0237. The number of nitrogen functional groups attached to an aromatic ring is 1. The van der Waals surface area contributed by atoms with Gasteiger partial charge in [0.25, 0.3) is 0 Å². The quantitative estimate of drug-likeness (QED) is 0.666. The van der Waals surface area contributed by atoms with Gasteiger partial charge in [0.2, 0.25) is 5.95 Å². The van der Waals surface area contributed by atoms with Crippen LogP contribution < -0.4 is 11.1 Å². The van der Waals surface area contributed by atoms with Gasteiger partial charge in [-0.15, -0.1) is 0 Å². The molecule has 0 spiro atoms. The summed E-state index contributed by atoms with van der Waals surface area (Å²) in [4.78, 5) is 14.8. The first-order valence-corrected chi connectivity index (χ1v) is 7.86. The molecule has 0 aromatic carbocycles. The number of hydrogen-bond donors (Lipinski definition) is 3. The van der Waals surface area contributed by atoms with Gasteiger partial charge in [-0.05, 0) is 25.0 Å². The van der Waals surface area contributed by atoms with Crippen LogP contribution in [-0.4, -0.2) is 19.9 Å². The Bertz CT molecular complexity index is 929. The van der Waals surface area contributed by atoms with E-state index in [4.69, 9.17) is 5.73 Å². The van der Waals surface area contributed by atoms with Gasteiger partial charge in [0, 0.05) is 17.5 Å². The summed E-state index contributed by atoms with van der Waals surface area (Å²) in [5, 5.41) is 3.50. The summed E-state index contributed by atoms with van der Waals surface area (Å²) in [5.74, 6) is -0.737. The maximum Gasteiger partial charge on any atom is 0.421 e. The highest BCUT2D eigenvalue weighted by Gasteiger charge is 2.41. The van der Waals surface area contributed by atoms with Gasteiger partial charge in [0.1, 0.15) is 17.0 Å². The van der Waals surface area contributed by atoms with Crippen LogP contribution >= 0.6 is 0 Å². The lowest BCUT2D eigenvalue weighted by Crippen LogP contribution is -2.22. The van der Waals surface area contributed by atoms with Crippen molar-refractivity contribution >= 4 is 28.5 Å². The number of nitrogens with two attached hydrogens (primary N) is 1. The average molecular weight is 348 g/mol. The molecular weight excluding hydrogens is 333 g/mol. The number of rotatable bonds is 3. The zero-order valence-corrected chi connectivity index (χ0v) is 13.1. The van der Waals surface area contributed by atoms with Crippen LogP contribution in [0, 0.1) is 0 Å². The van der Waals surface area contributed by atoms with Gasteiger partial charge in [-0.25, -0.2) is 9.97 Å². The molecular formula is C16H15F3N6. The third kappa shape index (κ3) is 2.86. The summed E-state index contributed by atoms with van der Waals surface area (Å²) in [6, 6.07) is 3.48. The van der Waals surface area contributed by atoms with Crippen molar-refractivity contribution in [1.29, 1.82) is 0 Å². The summed E-state index contributed by atoms with van der Waals surface area (Å²) in [7, 11) is 0. The van der Waals surface area contributed by atoms with Gasteiger partial charge in [0.15, 0.2) is 0 Å². The maximum absolute atomic E-state index is 13.7. The van der Waals surface area contributed by atoms with Crippen molar-refractivity contribution in [2.75, 3.05) is 11.1 Å². The fourth-order valence-electron chi connectivity index (χ4n) is 2.99. The Hall–Kier alpha value is -2.84. The monoisotopic (exact) mass is 348 g/mol. The molecule has 3 heterocycles. The molecule has 3 aromatic rings. The molecule has 0 radical (unpaired) electrons. The first-order valence-electron chi connectivity index (χ1n) is 7.86. The highest BCUT2D eigenvalue weighted by molar-refractivity contribution is 5.80. The minimum atomic E-state index is -4.58. The number of alkyl halides is 3. The van der Waals surface area contributed by atoms with Crippen LogP contribution in [0.3, 0.4) is 0 Å². The van der Waals surface area contributed by atoms with E-state index >= 15 is 0 Å². The van der Waals surface area contributed by atoms with Crippen LogP contribution in [-0.2, 0) is 6.18 Å². The number of hydrogen-bond acceptors (Lipinski definition) is 5. The summed E-state index contributed by atoms with van der Waals surface area (Å²) in [5.41, 5.74) is 5.85. The molecule has 0 unspecified atom stereocenters. The van der Waals surface area contributed by atoms with E-state index in [0.29, 0.717) is 24.2 Å². The largest absolute Gasteiger partial charge is 0.421 e. The molecule has 9 heteroatoms. The molecule has 25 heavy (non-hydrogen) atoms. The topological polar surface area (TPSA) is 92.5 Å². The van der Waals surface area contributed by atoms with Crippen LogP contribution in [0.4, 0.5) is 30.6 Å². The molecule has 0 saturated heterocycles. The van der Waals surface area contributed by atoms with E-state index in [1.165, 1.54) is 6.20 Å². The standard InChI is InChI=1S/C16H15F3N6/c17-16(18,19)11-12(8-2-1-3-8)24-15(20)25-14(11)23-10-6-9-4-5-21-13(9)22-7-10/h4-8H,1-3H2,(H,21,22)(H3,20,23,24,25). The molecule has 0 aliphatic heterocycles. The van der Waals surface area contributed by atoms with E-state index in [1.54, 1.807) is 18.3 Å². The molecule has 0 atom stereocenters. The molecule has 4 N–H and O–H groups in total. The van der Waals surface area contributed by atoms with Crippen molar-refractivity contribution in [3.05, 3.63) is 35.8 Å². The number of nitrogens with one attached hydrogen (secondary N) is 2. The van der Waals surface area contributed by atoms with Crippen LogP contribution in [0.15, 0.2) is 24.5 Å². The fraction of sp³-hybridized carbons (Fsp3) is 0.312. The van der Waals surface area contributed by atoms with E-state index in [0.717, 1.165) is 11.8 Å². The predicted octanol–water partition coefficient (Wildman–Crippen LogP) is 3.97. The van der Waals surface area contributed by atoms with Crippen molar-refractivity contribution in [3.63, 3.8) is 0 Å². The number of anilines is 3. The predicted molar refractivity (Wildman–Crippen MR) is 87.4 cm³/mol. The van der Waals surface area contributed by atoms with E-state index in [2.05, 4.69) is 25.3 Å². The number of pyridine rings is 1. The second-order valence-electron chi connectivity index (χ2n) is 6.08. The van der Waals surface area contributed by atoms with Gasteiger partial charge in [-0.1, -0.05) is 6.42 Å².